The predicted octanol–water partition coefficient (Wildman–Crippen LogP) is 3.08. The second-order valence-electron chi connectivity index (χ2n) is 7.44. The fourth-order valence-electron chi connectivity index (χ4n) is 3.52. The van der Waals surface area contributed by atoms with Crippen LogP contribution in [0.15, 0.2) is 36.4 Å². The van der Waals surface area contributed by atoms with Gasteiger partial charge in [0.1, 0.15) is 23.9 Å². The average Bonchev–Trinajstić information content (AvgIpc) is 2.87. The number of carbonyl (C=O) groups is 1. The molecule has 3 rings (SSSR count). The number of hydrogen-bond acceptors (Lipinski definition) is 8. The van der Waals surface area contributed by atoms with E-state index in [1.54, 1.807) is 64.8 Å². The molecule has 1 N–H and O–H groups in total. The van der Waals surface area contributed by atoms with Gasteiger partial charge in [-0.25, -0.2) is 0 Å². The number of morpholine rings is 1. The second-order valence-corrected chi connectivity index (χ2v) is 7.44. The summed E-state index contributed by atoms with van der Waals surface area (Å²) in [6, 6.07) is 8.72. The SMILES string of the molecule is COc1cc(OC)c(C=CC(=O)Nc2ccc(OC)c(OCCN3CCOCC3)c2)c(OC)c1. The highest BCUT2D eigenvalue weighted by Gasteiger charge is 2.13. The van der Waals surface area contributed by atoms with Crippen molar-refractivity contribution in [3.8, 4) is 28.7 Å². The predicted molar refractivity (Wildman–Crippen MR) is 130 cm³/mol. The van der Waals surface area contributed by atoms with E-state index in [9.17, 15) is 4.79 Å². The summed E-state index contributed by atoms with van der Waals surface area (Å²) < 4.78 is 32.8. The van der Waals surface area contributed by atoms with Crippen LogP contribution in [-0.2, 0) is 9.53 Å². The quantitative estimate of drug-likeness (QED) is 0.500. The Morgan fingerprint density at radius 3 is 2.24 bits per heavy atom. The standard InChI is InChI=1S/C25H32N2O7/c1-29-19-16-22(31-3)20(23(17-19)32-4)6-8-25(28)26-18-5-7-21(30-2)24(15-18)34-14-11-27-9-12-33-13-10-27/h5-8,15-17H,9-14H2,1-4H3,(H,26,28). The van der Waals surface area contributed by atoms with Crippen LogP contribution in [-0.4, -0.2) is 78.7 Å². The third-order valence-corrected chi connectivity index (χ3v) is 5.35. The lowest BCUT2D eigenvalue weighted by Gasteiger charge is -2.26. The molecule has 1 aliphatic rings. The zero-order valence-corrected chi connectivity index (χ0v) is 20.1. The first-order valence-corrected chi connectivity index (χ1v) is 11.0. The van der Waals surface area contributed by atoms with Crippen molar-refractivity contribution in [1.29, 1.82) is 0 Å². The smallest absolute Gasteiger partial charge is 0.248 e. The molecule has 9 nitrogen and oxygen atoms in total. The van der Waals surface area contributed by atoms with Crippen LogP contribution in [0.25, 0.3) is 6.08 Å². The minimum atomic E-state index is -0.315. The molecular formula is C25H32N2O7. The molecule has 2 aromatic carbocycles. The molecule has 184 valence electrons. The Hall–Kier alpha value is -3.43. The first kappa shape index (κ1) is 25.2. The summed E-state index contributed by atoms with van der Waals surface area (Å²) in [5.74, 6) is 2.50. The normalized spacial score (nSPS) is 14.0. The number of nitrogens with zero attached hydrogens (tertiary/aromatic N) is 1. The summed E-state index contributed by atoms with van der Waals surface area (Å²) in [5, 5.41) is 2.85. The number of nitrogens with one attached hydrogen (secondary N) is 1. The van der Waals surface area contributed by atoms with E-state index in [1.165, 1.54) is 6.08 Å². The van der Waals surface area contributed by atoms with E-state index in [-0.39, 0.29) is 5.91 Å². The molecule has 9 heteroatoms. The lowest BCUT2D eigenvalue weighted by Crippen LogP contribution is -2.38. The molecule has 0 unspecified atom stereocenters. The minimum Gasteiger partial charge on any atom is -0.496 e. The van der Waals surface area contributed by atoms with Gasteiger partial charge in [0.25, 0.3) is 0 Å². The summed E-state index contributed by atoms with van der Waals surface area (Å²) in [4.78, 5) is 14.9. The van der Waals surface area contributed by atoms with Crippen molar-refractivity contribution in [2.45, 2.75) is 0 Å². The summed E-state index contributed by atoms with van der Waals surface area (Å²) in [7, 11) is 6.24. The Morgan fingerprint density at radius 2 is 1.62 bits per heavy atom. The van der Waals surface area contributed by atoms with E-state index < -0.39 is 0 Å². The van der Waals surface area contributed by atoms with Crippen molar-refractivity contribution in [2.75, 3.05) is 73.2 Å². The van der Waals surface area contributed by atoms with Crippen LogP contribution in [0, 0.1) is 0 Å². The summed E-state index contributed by atoms with van der Waals surface area (Å²) in [6.45, 7) is 4.57. The first-order chi connectivity index (χ1) is 16.6. The molecule has 0 aromatic heterocycles. The van der Waals surface area contributed by atoms with E-state index in [0.29, 0.717) is 46.6 Å². The van der Waals surface area contributed by atoms with Gasteiger partial charge >= 0.3 is 0 Å². The van der Waals surface area contributed by atoms with Crippen molar-refractivity contribution < 1.29 is 33.2 Å². The van der Waals surface area contributed by atoms with Crippen LogP contribution in [0.4, 0.5) is 5.69 Å². The Balaban J connectivity index is 1.66. The zero-order valence-electron chi connectivity index (χ0n) is 20.1. The molecule has 34 heavy (non-hydrogen) atoms. The maximum atomic E-state index is 12.6. The second kappa shape index (κ2) is 12.7. The van der Waals surface area contributed by atoms with Gasteiger partial charge in [-0.15, -0.1) is 0 Å². The Labute approximate surface area is 200 Å². The van der Waals surface area contributed by atoms with Crippen molar-refractivity contribution in [3.63, 3.8) is 0 Å². The van der Waals surface area contributed by atoms with Crippen molar-refractivity contribution >= 4 is 17.7 Å². The molecule has 1 fully saturated rings. The van der Waals surface area contributed by atoms with Gasteiger partial charge in [-0.05, 0) is 18.2 Å². The number of rotatable bonds is 11. The largest absolute Gasteiger partial charge is 0.496 e. The van der Waals surface area contributed by atoms with Gasteiger partial charge < -0.3 is 33.7 Å². The highest BCUT2D eigenvalue weighted by Crippen LogP contribution is 2.35. The van der Waals surface area contributed by atoms with Crippen LogP contribution in [0.2, 0.25) is 0 Å². The van der Waals surface area contributed by atoms with Crippen LogP contribution < -0.4 is 29.0 Å². The molecule has 0 atom stereocenters. The van der Waals surface area contributed by atoms with Gasteiger partial charge in [-0.3, -0.25) is 9.69 Å². The Kier molecular flexibility index (Phi) is 9.42. The molecule has 1 amide bonds. The molecule has 0 aliphatic carbocycles. The van der Waals surface area contributed by atoms with E-state index in [1.807, 2.05) is 0 Å². The number of ether oxygens (including phenoxy) is 6. The number of anilines is 1. The molecular weight excluding hydrogens is 440 g/mol. The highest BCUT2D eigenvalue weighted by molar-refractivity contribution is 6.02. The molecule has 1 saturated heterocycles. The molecule has 1 aliphatic heterocycles. The fourth-order valence-corrected chi connectivity index (χ4v) is 3.52. The van der Waals surface area contributed by atoms with Crippen LogP contribution in [0.5, 0.6) is 28.7 Å². The number of hydrogen-bond donors (Lipinski definition) is 1. The van der Waals surface area contributed by atoms with Crippen LogP contribution >= 0.6 is 0 Å². The molecule has 2 aromatic rings. The topological polar surface area (TPSA) is 87.7 Å². The minimum absolute atomic E-state index is 0.315. The number of amides is 1. The van der Waals surface area contributed by atoms with Gasteiger partial charge in [0.05, 0.1) is 47.2 Å². The summed E-state index contributed by atoms with van der Waals surface area (Å²) in [6.07, 6.45) is 3.05. The zero-order chi connectivity index (χ0) is 24.3. The third kappa shape index (κ3) is 6.79. The third-order valence-electron chi connectivity index (χ3n) is 5.35. The first-order valence-electron chi connectivity index (χ1n) is 11.0. The lowest BCUT2D eigenvalue weighted by molar-refractivity contribution is -0.111. The van der Waals surface area contributed by atoms with E-state index in [2.05, 4.69) is 10.2 Å². The summed E-state index contributed by atoms with van der Waals surface area (Å²) in [5.41, 5.74) is 1.22. The maximum absolute atomic E-state index is 12.6. The van der Waals surface area contributed by atoms with Gasteiger partial charge in [0.15, 0.2) is 11.5 Å². The van der Waals surface area contributed by atoms with Crippen LogP contribution in [0.3, 0.4) is 0 Å². The molecule has 0 spiro atoms. The maximum Gasteiger partial charge on any atom is 0.248 e. The van der Waals surface area contributed by atoms with Crippen molar-refractivity contribution in [3.05, 3.63) is 42.0 Å². The number of methoxy groups -OCH3 is 4. The fraction of sp³-hybridized carbons (Fsp3) is 0.400. The van der Waals surface area contributed by atoms with Gasteiger partial charge in [-0.2, -0.15) is 0 Å². The number of benzene rings is 2. The Morgan fingerprint density at radius 1 is 0.941 bits per heavy atom. The Bertz CT molecular complexity index is 962. The van der Waals surface area contributed by atoms with Crippen molar-refractivity contribution in [2.24, 2.45) is 0 Å². The van der Waals surface area contributed by atoms with Crippen LogP contribution in [0.1, 0.15) is 5.56 Å². The van der Waals surface area contributed by atoms with E-state index in [4.69, 9.17) is 28.4 Å². The summed E-state index contributed by atoms with van der Waals surface area (Å²) >= 11 is 0. The molecule has 0 bridgehead atoms. The average molecular weight is 473 g/mol. The van der Waals surface area contributed by atoms with E-state index >= 15 is 0 Å². The van der Waals surface area contributed by atoms with Gasteiger partial charge in [-0.1, -0.05) is 0 Å². The van der Waals surface area contributed by atoms with Crippen molar-refractivity contribution in [1.82, 2.24) is 4.90 Å². The van der Waals surface area contributed by atoms with Gasteiger partial charge in [0.2, 0.25) is 5.91 Å². The van der Waals surface area contributed by atoms with Gasteiger partial charge in [0, 0.05) is 49.6 Å². The highest BCUT2D eigenvalue weighted by atomic mass is 16.5. The molecule has 0 saturated carbocycles. The molecule has 1 heterocycles. The lowest BCUT2D eigenvalue weighted by atomic mass is 10.1. The molecule has 0 radical (unpaired) electrons. The number of carbonyl (C=O) groups excluding carboxylic acids is 1. The monoisotopic (exact) mass is 472 g/mol. The van der Waals surface area contributed by atoms with E-state index in [0.717, 1.165) is 32.8 Å².